The highest BCUT2D eigenvalue weighted by Gasteiger charge is 2.34. The number of carbonyl (C=O) groups is 1. The molecular formula is C24H26N4O3. The van der Waals surface area contributed by atoms with Gasteiger partial charge in [-0.15, -0.1) is 0 Å². The van der Waals surface area contributed by atoms with Crippen LogP contribution in [0.1, 0.15) is 43.5 Å². The number of hydrogen-bond acceptors (Lipinski definition) is 6. The van der Waals surface area contributed by atoms with E-state index in [2.05, 4.69) is 34.5 Å². The summed E-state index contributed by atoms with van der Waals surface area (Å²) in [5.41, 5.74) is 4.38. The Bertz CT molecular complexity index is 1130. The van der Waals surface area contributed by atoms with Crippen molar-refractivity contribution in [3.8, 4) is 5.75 Å². The van der Waals surface area contributed by atoms with Crippen molar-refractivity contribution in [2.45, 2.75) is 46.4 Å². The number of rotatable bonds is 6. The number of benzene rings is 2. The first-order chi connectivity index (χ1) is 14.9. The normalized spacial score (nSPS) is 15.5. The predicted molar refractivity (Wildman–Crippen MR) is 118 cm³/mol. The molecule has 31 heavy (non-hydrogen) atoms. The number of aromatic nitrogens is 3. The average molecular weight is 418 g/mol. The van der Waals surface area contributed by atoms with E-state index in [0.29, 0.717) is 23.8 Å². The van der Waals surface area contributed by atoms with Crippen molar-refractivity contribution in [2.24, 2.45) is 0 Å². The van der Waals surface area contributed by atoms with Crippen molar-refractivity contribution < 1.29 is 14.3 Å². The number of carbonyl (C=O) groups excluding carboxylic acids is 1. The lowest BCUT2D eigenvalue weighted by molar-refractivity contribution is -0.143. The molecule has 0 aliphatic carbocycles. The molecule has 0 bridgehead atoms. The smallest absolute Gasteiger partial charge is 0.338 e. The minimum absolute atomic E-state index is 0.227. The van der Waals surface area contributed by atoms with Crippen LogP contribution < -0.4 is 10.1 Å². The van der Waals surface area contributed by atoms with Gasteiger partial charge in [0.25, 0.3) is 0 Å². The molecule has 4 rings (SSSR count). The molecule has 1 unspecified atom stereocenters. The highest BCUT2D eigenvalue weighted by atomic mass is 16.5. The second-order valence-electron chi connectivity index (χ2n) is 7.84. The first-order valence-electron chi connectivity index (χ1n) is 10.3. The summed E-state index contributed by atoms with van der Waals surface area (Å²) in [7, 11) is 0. The lowest BCUT2D eigenvalue weighted by Crippen LogP contribution is -2.30. The summed E-state index contributed by atoms with van der Waals surface area (Å²) >= 11 is 0. The monoisotopic (exact) mass is 418 g/mol. The molecule has 1 atom stereocenters. The summed E-state index contributed by atoms with van der Waals surface area (Å²) in [5, 5.41) is 7.50. The first kappa shape index (κ1) is 20.7. The Kier molecular flexibility index (Phi) is 5.75. The summed E-state index contributed by atoms with van der Waals surface area (Å²) in [6.45, 7) is 8.05. The summed E-state index contributed by atoms with van der Waals surface area (Å²) in [5.74, 6) is 0.919. The Morgan fingerprint density at radius 3 is 2.74 bits per heavy atom. The van der Waals surface area contributed by atoms with Crippen LogP contribution in [0.25, 0.3) is 0 Å². The van der Waals surface area contributed by atoms with Crippen LogP contribution in [-0.4, -0.2) is 26.8 Å². The molecule has 1 N–H and O–H groups in total. The zero-order chi connectivity index (χ0) is 22.0. The van der Waals surface area contributed by atoms with Gasteiger partial charge in [0.15, 0.2) is 0 Å². The number of nitrogens with zero attached hydrogens (tertiary/aromatic N) is 3. The molecule has 0 spiro atoms. The van der Waals surface area contributed by atoms with E-state index in [9.17, 15) is 4.79 Å². The van der Waals surface area contributed by atoms with Gasteiger partial charge < -0.3 is 14.8 Å². The molecule has 0 fully saturated rings. The number of aryl methyl sites for hydroxylation is 1. The molecule has 0 radical (unpaired) electrons. The molecular weight excluding hydrogens is 392 g/mol. The van der Waals surface area contributed by atoms with Gasteiger partial charge in [-0.1, -0.05) is 36.4 Å². The van der Waals surface area contributed by atoms with Crippen molar-refractivity contribution in [1.29, 1.82) is 0 Å². The Balaban J connectivity index is 1.67. The van der Waals surface area contributed by atoms with Gasteiger partial charge in [-0.3, -0.25) is 0 Å². The van der Waals surface area contributed by atoms with E-state index in [1.807, 2.05) is 57.2 Å². The minimum atomic E-state index is -0.466. The number of hydrogen-bond donors (Lipinski definition) is 1. The van der Waals surface area contributed by atoms with Crippen molar-refractivity contribution in [1.82, 2.24) is 14.8 Å². The maximum atomic E-state index is 13.0. The fraction of sp³-hybridized carbons (Fsp3) is 0.292. The third-order valence-electron chi connectivity index (χ3n) is 5.19. The van der Waals surface area contributed by atoms with Gasteiger partial charge in [0.05, 0.1) is 11.7 Å². The van der Waals surface area contributed by atoms with Crippen LogP contribution in [-0.2, 0) is 16.1 Å². The summed E-state index contributed by atoms with van der Waals surface area (Å²) < 4.78 is 13.3. The number of anilines is 1. The highest BCUT2D eigenvalue weighted by Crippen LogP contribution is 2.36. The average Bonchev–Trinajstić information content (AvgIpc) is 3.19. The molecule has 1 aliphatic heterocycles. The topological polar surface area (TPSA) is 78.3 Å². The molecule has 0 amide bonds. The fourth-order valence-electron chi connectivity index (χ4n) is 3.65. The van der Waals surface area contributed by atoms with Crippen molar-refractivity contribution >= 4 is 11.9 Å². The van der Waals surface area contributed by atoms with E-state index in [1.165, 1.54) is 11.9 Å². The highest BCUT2D eigenvalue weighted by molar-refractivity contribution is 5.92. The summed E-state index contributed by atoms with van der Waals surface area (Å²) in [6, 6.07) is 15.4. The minimum Gasteiger partial charge on any atom is -0.489 e. The third kappa shape index (κ3) is 4.30. The van der Waals surface area contributed by atoms with Gasteiger partial charge in [0, 0.05) is 5.70 Å². The van der Waals surface area contributed by atoms with E-state index in [-0.39, 0.29) is 12.1 Å². The molecule has 3 aromatic rings. The molecule has 2 aromatic carbocycles. The van der Waals surface area contributed by atoms with E-state index < -0.39 is 6.04 Å². The molecule has 0 saturated heterocycles. The zero-order valence-corrected chi connectivity index (χ0v) is 18.1. The number of esters is 1. The van der Waals surface area contributed by atoms with Crippen LogP contribution in [0, 0.1) is 6.92 Å². The van der Waals surface area contributed by atoms with Gasteiger partial charge in [0.2, 0.25) is 5.95 Å². The number of allylic oxidation sites excluding steroid dienone is 1. The molecule has 160 valence electrons. The molecule has 2 heterocycles. The molecule has 0 saturated carbocycles. The second-order valence-corrected chi connectivity index (χ2v) is 7.84. The third-order valence-corrected chi connectivity index (χ3v) is 5.19. The largest absolute Gasteiger partial charge is 0.489 e. The van der Waals surface area contributed by atoms with Gasteiger partial charge in [0.1, 0.15) is 24.7 Å². The van der Waals surface area contributed by atoms with E-state index in [1.54, 1.807) is 4.68 Å². The summed E-state index contributed by atoms with van der Waals surface area (Å²) in [6.07, 6.45) is 1.24. The van der Waals surface area contributed by atoms with Crippen LogP contribution >= 0.6 is 0 Å². The van der Waals surface area contributed by atoms with Crippen LogP contribution in [0.2, 0.25) is 0 Å². The standard InChI is InChI=1S/C24H26N4O3/c1-15(2)31-23(29)21-17(4)27-24-25-14-26-28(24)22(21)18-10-7-11-20(12-18)30-13-19-9-6-5-8-16(19)3/h5-12,14-15,22H,13H2,1-4H3,(H,25,26,27). The number of nitrogens with one attached hydrogen (secondary N) is 1. The Morgan fingerprint density at radius 1 is 1.16 bits per heavy atom. The lowest BCUT2D eigenvalue weighted by atomic mass is 9.95. The van der Waals surface area contributed by atoms with E-state index in [4.69, 9.17) is 9.47 Å². The quantitative estimate of drug-likeness (QED) is 0.598. The fourth-order valence-corrected chi connectivity index (χ4v) is 3.65. The van der Waals surface area contributed by atoms with Gasteiger partial charge in [-0.05, 0) is 56.5 Å². The van der Waals surface area contributed by atoms with Crippen LogP contribution in [0.5, 0.6) is 5.75 Å². The van der Waals surface area contributed by atoms with Crippen LogP contribution in [0.15, 0.2) is 66.1 Å². The van der Waals surface area contributed by atoms with Crippen molar-refractivity contribution in [3.05, 3.63) is 82.8 Å². The number of fused-ring (bicyclic) bond motifs is 1. The van der Waals surface area contributed by atoms with Crippen LogP contribution in [0.4, 0.5) is 5.95 Å². The maximum Gasteiger partial charge on any atom is 0.338 e. The van der Waals surface area contributed by atoms with E-state index in [0.717, 1.165) is 16.9 Å². The zero-order valence-electron chi connectivity index (χ0n) is 18.1. The molecule has 1 aliphatic rings. The summed E-state index contributed by atoms with van der Waals surface area (Å²) in [4.78, 5) is 17.2. The SMILES string of the molecule is CC1=C(C(=O)OC(C)C)C(c2cccc(OCc3ccccc3C)c2)n2ncnc2N1. The van der Waals surface area contributed by atoms with Crippen LogP contribution in [0.3, 0.4) is 0 Å². The Labute approximate surface area is 181 Å². The second kappa shape index (κ2) is 8.63. The van der Waals surface area contributed by atoms with Gasteiger partial charge in [-0.2, -0.15) is 10.1 Å². The Morgan fingerprint density at radius 2 is 1.97 bits per heavy atom. The Hall–Kier alpha value is -3.61. The van der Waals surface area contributed by atoms with E-state index >= 15 is 0 Å². The molecule has 1 aromatic heterocycles. The van der Waals surface area contributed by atoms with Crippen molar-refractivity contribution in [3.63, 3.8) is 0 Å². The first-order valence-corrected chi connectivity index (χ1v) is 10.3. The lowest BCUT2D eigenvalue weighted by Gasteiger charge is -2.28. The molecule has 7 nitrogen and oxygen atoms in total. The van der Waals surface area contributed by atoms with Gasteiger partial charge in [-0.25, -0.2) is 9.48 Å². The number of ether oxygens (including phenoxy) is 2. The maximum absolute atomic E-state index is 13.0. The molecule has 7 heteroatoms. The van der Waals surface area contributed by atoms with Crippen molar-refractivity contribution in [2.75, 3.05) is 5.32 Å². The predicted octanol–water partition coefficient (Wildman–Crippen LogP) is 4.41. The van der Waals surface area contributed by atoms with Gasteiger partial charge >= 0.3 is 5.97 Å².